The number of carbonyl (C=O) groups excluding carboxylic acids is 1. The highest BCUT2D eigenvalue weighted by Gasteiger charge is 2.18. The van der Waals surface area contributed by atoms with E-state index in [2.05, 4.69) is 32.5 Å². The second-order valence-electron chi connectivity index (χ2n) is 2.88. The van der Waals surface area contributed by atoms with E-state index in [1.54, 1.807) is 6.92 Å². The van der Waals surface area contributed by atoms with Crippen LogP contribution in [0.1, 0.15) is 22.8 Å². The molecule has 0 fully saturated rings. The fourth-order valence-electron chi connectivity index (χ4n) is 1.17. The predicted octanol–water partition coefficient (Wildman–Crippen LogP) is 2.33. The number of nitrogens with two attached hydrogens (primary N) is 1. The third-order valence-electron chi connectivity index (χ3n) is 1.92. The van der Waals surface area contributed by atoms with Crippen molar-refractivity contribution in [2.24, 2.45) is 0 Å². The van der Waals surface area contributed by atoms with E-state index < -0.39 is 11.8 Å². The molecule has 3 nitrogen and oxygen atoms in total. The summed E-state index contributed by atoms with van der Waals surface area (Å²) in [5.74, 6) is 3.94. The van der Waals surface area contributed by atoms with E-state index in [0.29, 0.717) is 0 Å². The number of halogens is 2. The largest absolute Gasteiger partial charge is 0.465 e. The third-order valence-corrected chi connectivity index (χ3v) is 2.69. The first-order chi connectivity index (χ1) is 7.52. The highest BCUT2D eigenvalue weighted by atomic mass is 79.9. The zero-order valence-corrected chi connectivity index (χ0v) is 10.3. The van der Waals surface area contributed by atoms with E-state index >= 15 is 0 Å². The number of hydrogen-bond acceptors (Lipinski definition) is 3. The molecule has 0 bridgehead atoms. The van der Waals surface area contributed by atoms with Crippen LogP contribution < -0.4 is 5.73 Å². The standard InChI is InChI=1S/C11H9BrFNO2/c1-3-4-6-9(12)8(13)5-7(10(6)14)11(15)16-2/h5H,14H2,1-2H3. The van der Waals surface area contributed by atoms with E-state index in [1.165, 1.54) is 7.11 Å². The van der Waals surface area contributed by atoms with Gasteiger partial charge >= 0.3 is 5.97 Å². The summed E-state index contributed by atoms with van der Waals surface area (Å²) in [4.78, 5) is 11.3. The molecule has 0 radical (unpaired) electrons. The van der Waals surface area contributed by atoms with E-state index in [9.17, 15) is 9.18 Å². The lowest BCUT2D eigenvalue weighted by Crippen LogP contribution is -2.08. The van der Waals surface area contributed by atoms with Crippen LogP contribution in [0.15, 0.2) is 10.5 Å². The molecule has 0 aliphatic heterocycles. The van der Waals surface area contributed by atoms with Crippen LogP contribution in [-0.4, -0.2) is 13.1 Å². The summed E-state index contributed by atoms with van der Waals surface area (Å²) in [7, 11) is 1.20. The van der Waals surface area contributed by atoms with Crippen molar-refractivity contribution in [1.82, 2.24) is 0 Å². The van der Waals surface area contributed by atoms with Gasteiger partial charge in [0.05, 0.1) is 28.4 Å². The summed E-state index contributed by atoms with van der Waals surface area (Å²) in [6.07, 6.45) is 0. The molecule has 2 N–H and O–H groups in total. The van der Waals surface area contributed by atoms with Crippen molar-refractivity contribution in [3.05, 3.63) is 27.5 Å². The summed E-state index contributed by atoms with van der Waals surface area (Å²) in [5, 5.41) is 0. The number of esters is 1. The molecule has 0 atom stereocenters. The molecule has 0 spiro atoms. The molecule has 16 heavy (non-hydrogen) atoms. The molecular formula is C11H9BrFNO2. The minimum atomic E-state index is -0.692. The molecule has 0 aliphatic rings. The van der Waals surface area contributed by atoms with Gasteiger partial charge in [-0.25, -0.2) is 9.18 Å². The molecule has 1 aromatic carbocycles. The molecule has 0 amide bonds. The van der Waals surface area contributed by atoms with Gasteiger partial charge < -0.3 is 10.5 Å². The van der Waals surface area contributed by atoms with Crippen molar-refractivity contribution in [2.75, 3.05) is 12.8 Å². The normalized spacial score (nSPS) is 9.25. The predicted molar refractivity (Wildman–Crippen MR) is 62.4 cm³/mol. The summed E-state index contributed by atoms with van der Waals surface area (Å²) < 4.78 is 18.1. The molecular weight excluding hydrogens is 277 g/mol. The molecule has 0 aliphatic carbocycles. The maximum absolute atomic E-state index is 13.5. The third kappa shape index (κ3) is 2.17. The number of anilines is 1. The highest BCUT2D eigenvalue weighted by molar-refractivity contribution is 9.10. The van der Waals surface area contributed by atoms with Gasteiger partial charge in [-0.1, -0.05) is 5.92 Å². The van der Waals surface area contributed by atoms with Gasteiger partial charge in [-0.2, -0.15) is 0 Å². The van der Waals surface area contributed by atoms with Crippen molar-refractivity contribution >= 4 is 27.6 Å². The minimum Gasteiger partial charge on any atom is -0.465 e. The molecule has 5 heteroatoms. The Hall–Kier alpha value is -1.54. The van der Waals surface area contributed by atoms with E-state index in [4.69, 9.17) is 5.73 Å². The summed E-state index contributed by atoms with van der Waals surface area (Å²) in [6.45, 7) is 1.59. The average molecular weight is 286 g/mol. The molecule has 0 aromatic heterocycles. The van der Waals surface area contributed by atoms with Gasteiger partial charge in [0, 0.05) is 0 Å². The first kappa shape index (κ1) is 12.5. The van der Waals surface area contributed by atoms with E-state index in [1.807, 2.05) is 0 Å². The lowest BCUT2D eigenvalue weighted by atomic mass is 10.1. The minimum absolute atomic E-state index is 0.0269. The fraction of sp³-hybridized carbons (Fsp3) is 0.182. The SMILES string of the molecule is CC#Cc1c(N)c(C(=O)OC)cc(F)c1Br. The van der Waals surface area contributed by atoms with Gasteiger partial charge in [0.15, 0.2) is 0 Å². The quantitative estimate of drug-likeness (QED) is 0.489. The van der Waals surface area contributed by atoms with E-state index in [-0.39, 0.29) is 21.3 Å². The topological polar surface area (TPSA) is 52.3 Å². The van der Waals surface area contributed by atoms with Crippen molar-refractivity contribution < 1.29 is 13.9 Å². The Balaban J connectivity index is 3.54. The van der Waals surface area contributed by atoms with Crippen LogP contribution in [0.4, 0.5) is 10.1 Å². The Bertz CT molecular complexity index is 503. The van der Waals surface area contributed by atoms with Gasteiger partial charge in [0.1, 0.15) is 5.82 Å². The Kier molecular flexibility index (Phi) is 3.91. The molecule has 0 saturated carbocycles. The summed E-state index contributed by atoms with van der Waals surface area (Å²) in [6, 6.07) is 1.02. The van der Waals surface area contributed by atoms with Crippen molar-refractivity contribution in [3.63, 3.8) is 0 Å². The number of hydrogen-bond donors (Lipinski definition) is 1. The van der Waals surface area contributed by atoms with Crippen LogP contribution in [0.5, 0.6) is 0 Å². The lowest BCUT2D eigenvalue weighted by Gasteiger charge is -2.08. The Morgan fingerprint density at radius 3 is 2.75 bits per heavy atom. The highest BCUT2D eigenvalue weighted by Crippen LogP contribution is 2.29. The molecule has 84 valence electrons. The van der Waals surface area contributed by atoms with Crippen LogP contribution in [-0.2, 0) is 4.74 Å². The zero-order valence-electron chi connectivity index (χ0n) is 8.73. The van der Waals surface area contributed by atoms with Gasteiger partial charge in [-0.05, 0) is 28.9 Å². The molecule has 0 saturated heterocycles. The number of carbonyl (C=O) groups is 1. The first-order valence-corrected chi connectivity index (χ1v) is 5.10. The summed E-state index contributed by atoms with van der Waals surface area (Å²) in [5.41, 5.74) is 6.05. The Morgan fingerprint density at radius 2 is 2.25 bits per heavy atom. The van der Waals surface area contributed by atoms with Crippen molar-refractivity contribution in [1.29, 1.82) is 0 Å². The number of nitrogen functional groups attached to an aromatic ring is 1. The molecule has 0 unspecified atom stereocenters. The first-order valence-electron chi connectivity index (χ1n) is 4.31. The zero-order chi connectivity index (χ0) is 12.3. The molecule has 1 aromatic rings. The van der Waals surface area contributed by atoms with Gasteiger partial charge in [-0.15, -0.1) is 5.92 Å². The summed E-state index contributed by atoms with van der Waals surface area (Å²) >= 11 is 3.03. The van der Waals surface area contributed by atoms with Crippen LogP contribution in [0.3, 0.4) is 0 Å². The average Bonchev–Trinajstić information content (AvgIpc) is 2.28. The van der Waals surface area contributed by atoms with Gasteiger partial charge in [0.25, 0.3) is 0 Å². The van der Waals surface area contributed by atoms with E-state index in [0.717, 1.165) is 6.07 Å². The maximum Gasteiger partial charge on any atom is 0.340 e. The number of benzene rings is 1. The van der Waals surface area contributed by atoms with Gasteiger partial charge in [0.2, 0.25) is 0 Å². The van der Waals surface area contributed by atoms with Gasteiger partial charge in [-0.3, -0.25) is 0 Å². The van der Waals surface area contributed by atoms with Crippen molar-refractivity contribution in [2.45, 2.75) is 6.92 Å². The monoisotopic (exact) mass is 285 g/mol. The second-order valence-corrected chi connectivity index (χ2v) is 3.67. The number of rotatable bonds is 1. The second kappa shape index (κ2) is 4.99. The Labute approximate surface area is 101 Å². The smallest absolute Gasteiger partial charge is 0.340 e. The van der Waals surface area contributed by atoms with Crippen LogP contribution in [0.25, 0.3) is 0 Å². The molecule has 1 rings (SSSR count). The molecule has 0 heterocycles. The number of ether oxygens (including phenoxy) is 1. The van der Waals surface area contributed by atoms with Crippen LogP contribution >= 0.6 is 15.9 Å². The lowest BCUT2D eigenvalue weighted by molar-refractivity contribution is 0.0601. The Morgan fingerprint density at radius 1 is 1.62 bits per heavy atom. The van der Waals surface area contributed by atoms with Crippen LogP contribution in [0, 0.1) is 17.7 Å². The maximum atomic E-state index is 13.5. The van der Waals surface area contributed by atoms with Crippen LogP contribution in [0.2, 0.25) is 0 Å². The van der Waals surface area contributed by atoms with Crippen molar-refractivity contribution in [3.8, 4) is 11.8 Å². The number of methoxy groups -OCH3 is 1. The fourth-order valence-corrected chi connectivity index (χ4v) is 1.59.